The van der Waals surface area contributed by atoms with Crippen LogP contribution < -0.4 is 0 Å². The molecule has 3 aromatic heterocycles. The van der Waals surface area contributed by atoms with Gasteiger partial charge in [-0.2, -0.15) is 16.3 Å². The highest BCUT2D eigenvalue weighted by atomic mass is 35.5. The summed E-state index contributed by atoms with van der Waals surface area (Å²) < 4.78 is 5.20. The number of thioether (sulfide) groups is 1. The minimum Gasteiger partial charge on any atom is -0.338 e. The third-order valence-corrected chi connectivity index (χ3v) is 4.39. The molecule has 3 rings (SSSR count). The highest BCUT2D eigenvalue weighted by Crippen LogP contribution is 2.27. The van der Waals surface area contributed by atoms with E-state index in [9.17, 15) is 0 Å². The van der Waals surface area contributed by atoms with Gasteiger partial charge in [-0.1, -0.05) is 28.5 Å². The second kappa shape index (κ2) is 5.73. The molecule has 0 aliphatic rings. The third kappa shape index (κ3) is 2.97. The van der Waals surface area contributed by atoms with Gasteiger partial charge in [0, 0.05) is 17.1 Å². The summed E-state index contributed by atoms with van der Waals surface area (Å²) in [5, 5.41) is 9.30. The summed E-state index contributed by atoms with van der Waals surface area (Å²) in [6.07, 6.45) is 1.71. The van der Waals surface area contributed by atoms with Gasteiger partial charge < -0.3 is 4.52 Å². The quantitative estimate of drug-likeness (QED) is 0.678. The van der Waals surface area contributed by atoms with Crippen LogP contribution in [0.25, 0.3) is 11.4 Å². The molecule has 0 fully saturated rings. The van der Waals surface area contributed by atoms with Crippen molar-refractivity contribution >= 4 is 34.7 Å². The first-order valence-corrected chi connectivity index (χ1v) is 7.72. The Kier molecular flexibility index (Phi) is 3.82. The van der Waals surface area contributed by atoms with Crippen LogP contribution in [0.1, 0.15) is 5.89 Å². The predicted molar refractivity (Wildman–Crippen MR) is 76.4 cm³/mol. The molecule has 0 bridgehead atoms. The number of hydrogen-bond acceptors (Lipinski definition) is 6. The first-order chi connectivity index (χ1) is 9.33. The van der Waals surface area contributed by atoms with E-state index in [1.54, 1.807) is 23.6 Å². The van der Waals surface area contributed by atoms with Crippen LogP contribution in [0.5, 0.6) is 0 Å². The summed E-state index contributed by atoms with van der Waals surface area (Å²) in [5.74, 6) is 1.73. The molecule has 3 aromatic rings. The molecule has 0 amide bonds. The van der Waals surface area contributed by atoms with Crippen LogP contribution in [0, 0.1) is 0 Å². The fourth-order valence-corrected chi connectivity index (χ4v) is 3.07. The number of thiophene rings is 1. The molecule has 0 radical (unpaired) electrons. The summed E-state index contributed by atoms with van der Waals surface area (Å²) in [6.45, 7) is 0. The molecule has 4 nitrogen and oxygen atoms in total. The van der Waals surface area contributed by atoms with E-state index in [1.165, 1.54) is 11.8 Å². The summed E-state index contributed by atoms with van der Waals surface area (Å²) >= 11 is 9.10. The van der Waals surface area contributed by atoms with Gasteiger partial charge in [0.1, 0.15) is 5.03 Å². The van der Waals surface area contributed by atoms with E-state index in [0.29, 0.717) is 22.5 Å². The van der Waals surface area contributed by atoms with Crippen molar-refractivity contribution < 1.29 is 4.52 Å². The largest absolute Gasteiger partial charge is 0.338 e. The molecular formula is C12H8ClN3OS2. The average Bonchev–Trinajstić information content (AvgIpc) is 3.09. The lowest BCUT2D eigenvalue weighted by Gasteiger charge is -1.98. The van der Waals surface area contributed by atoms with E-state index in [2.05, 4.69) is 15.1 Å². The lowest BCUT2D eigenvalue weighted by Crippen LogP contribution is -1.84. The summed E-state index contributed by atoms with van der Waals surface area (Å²) in [6, 6.07) is 5.57. The predicted octanol–water partition coefficient (Wildman–Crippen LogP) is 4.14. The van der Waals surface area contributed by atoms with E-state index in [-0.39, 0.29) is 0 Å². The van der Waals surface area contributed by atoms with Crippen LogP contribution in [0.4, 0.5) is 0 Å². The normalized spacial score (nSPS) is 10.8. The standard InChI is InChI=1S/C12H8ClN3OS2/c13-9-2-1-4-14-12(9)19-7-10-15-11(16-17-10)8-3-5-18-6-8/h1-6H,7H2. The Labute approximate surface area is 122 Å². The maximum Gasteiger partial charge on any atom is 0.237 e. The third-order valence-electron chi connectivity index (χ3n) is 2.30. The van der Waals surface area contributed by atoms with Crippen molar-refractivity contribution in [3.8, 4) is 11.4 Å². The number of aromatic nitrogens is 3. The van der Waals surface area contributed by atoms with Crippen LogP contribution in [-0.2, 0) is 5.75 Å². The number of nitrogens with zero attached hydrogens (tertiary/aromatic N) is 3. The lowest BCUT2D eigenvalue weighted by molar-refractivity contribution is 0.391. The van der Waals surface area contributed by atoms with Gasteiger partial charge in [-0.3, -0.25) is 0 Å². The second-order valence-corrected chi connectivity index (χ2v) is 5.75. The molecule has 0 unspecified atom stereocenters. The Morgan fingerprint density at radius 1 is 1.37 bits per heavy atom. The number of rotatable bonds is 4. The highest BCUT2D eigenvalue weighted by molar-refractivity contribution is 7.98. The fourth-order valence-electron chi connectivity index (χ4n) is 1.43. The first-order valence-electron chi connectivity index (χ1n) is 5.41. The molecule has 96 valence electrons. The molecule has 0 saturated carbocycles. The van der Waals surface area contributed by atoms with Crippen molar-refractivity contribution in [2.24, 2.45) is 0 Å². The van der Waals surface area contributed by atoms with Gasteiger partial charge in [0.05, 0.1) is 10.8 Å². The second-order valence-electron chi connectivity index (χ2n) is 3.60. The minimum atomic E-state index is 0.549. The Morgan fingerprint density at radius 3 is 3.11 bits per heavy atom. The van der Waals surface area contributed by atoms with Crippen LogP contribution in [0.15, 0.2) is 44.7 Å². The zero-order valence-electron chi connectivity index (χ0n) is 9.62. The van der Waals surface area contributed by atoms with Gasteiger partial charge in [-0.25, -0.2) is 4.98 Å². The summed E-state index contributed by atoms with van der Waals surface area (Å²) in [4.78, 5) is 8.53. The van der Waals surface area contributed by atoms with Gasteiger partial charge in [0.25, 0.3) is 0 Å². The van der Waals surface area contributed by atoms with Crippen molar-refractivity contribution in [3.05, 3.63) is 46.1 Å². The average molecular weight is 310 g/mol. The number of hydrogen-bond donors (Lipinski definition) is 0. The zero-order valence-corrected chi connectivity index (χ0v) is 12.0. The Morgan fingerprint density at radius 2 is 2.32 bits per heavy atom. The first kappa shape index (κ1) is 12.7. The Bertz CT molecular complexity index is 669. The van der Waals surface area contributed by atoms with E-state index >= 15 is 0 Å². The number of pyridine rings is 1. The molecule has 19 heavy (non-hydrogen) atoms. The van der Waals surface area contributed by atoms with Gasteiger partial charge in [-0.15, -0.1) is 0 Å². The molecular weight excluding hydrogens is 302 g/mol. The maximum atomic E-state index is 6.03. The van der Waals surface area contributed by atoms with Crippen LogP contribution >= 0.6 is 34.7 Å². The molecule has 0 spiro atoms. The van der Waals surface area contributed by atoms with E-state index in [4.69, 9.17) is 16.1 Å². The van der Waals surface area contributed by atoms with Gasteiger partial charge in [-0.05, 0) is 23.6 Å². The zero-order chi connectivity index (χ0) is 13.1. The molecule has 0 atom stereocenters. The minimum absolute atomic E-state index is 0.549. The Hall–Kier alpha value is -1.37. The topological polar surface area (TPSA) is 51.8 Å². The smallest absolute Gasteiger partial charge is 0.237 e. The van der Waals surface area contributed by atoms with Gasteiger partial charge >= 0.3 is 0 Å². The van der Waals surface area contributed by atoms with Crippen molar-refractivity contribution in [2.75, 3.05) is 0 Å². The van der Waals surface area contributed by atoms with E-state index in [0.717, 1.165) is 10.6 Å². The fraction of sp³-hybridized carbons (Fsp3) is 0.0833. The monoisotopic (exact) mass is 309 g/mol. The molecule has 0 saturated heterocycles. The van der Waals surface area contributed by atoms with E-state index in [1.807, 2.05) is 22.9 Å². The molecule has 0 aliphatic heterocycles. The SMILES string of the molecule is Clc1cccnc1SCc1nc(-c2ccsc2)no1. The summed E-state index contributed by atoms with van der Waals surface area (Å²) in [5.41, 5.74) is 0.973. The molecule has 0 aromatic carbocycles. The van der Waals surface area contributed by atoms with Crippen molar-refractivity contribution in [3.63, 3.8) is 0 Å². The van der Waals surface area contributed by atoms with Crippen LogP contribution in [-0.4, -0.2) is 15.1 Å². The van der Waals surface area contributed by atoms with Crippen molar-refractivity contribution in [1.29, 1.82) is 0 Å². The molecule has 0 N–H and O–H groups in total. The van der Waals surface area contributed by atoms with E-state index < -0.39 is 0 Å². The molecule has 3 heterocycles. The highest BCUT2D eigenvalue weighted by Gasteiger charge is 2.10. The molecule has 7 heteroatoms. The molecule has 0 aliphatic carbocycles. The lowest BCUT2D eigenvalue weighted by atomic mass is 10.3. The number of halogens is 1. The van der Waals surface area contributed by atoms with Crippen LogP contribution in [0.3, 0.4) is 0 Å². The van der Waals surface area contributed by atoms with Gasteiger partial charge in [0.15, 0.2) is 0 Å². The van der Waals surface area contributed by atoms with Crippen molar-refractivity contribution in [2.45, 2.75) is 10.8 Å². The summed E-state index contributed by atoms with van der Waals surface area (Å²) in [7, 11) is 0. The van der Waals surface area contributed by atoms with Gasteiger partial charge in [0.2, 0.25) is 11.7 Å². The maximum absolute atomic E-state index is 6.03. The van der Waals surface area contributed by atoms with Crippen molar-refractivity contribution in [1.82, 2.24) is 15.1 Å². The van der Waals surface area contributed by atoms with Crippen LogP contribution in [0.2, 0.25) is 5.02 Å². The Balaban J connectivity index is 1.70.